The summed E-state index contributed by atoms with van der Waals surface area (Å²) in [5, 5.41) is 0. The Labute approximate surface area is 167 Å². The van der Waals surface area contributed by atoms with Gasteiger partial charge in [0.2, 0.25) is 5.91 Å². The van der Waals surface area contributed by atoms with Crippen molar-refractivity contribution in [2.75, 3.05) is 32.4 Å². The second kappa shape index (κ2) is 7.76. The fourth-order valence-electron chi connectivity index (χ4n) is 4.97. The summed E-state index contributed by atoms with van der Waals surface area (Å²) in [6.07, 6.45) is 5.87. The summed E-state index contributed by atoms with van der Waals surface area (Å²) in [6.45, 7) is 8.92. The number of rotatable bonds is 4. The third-order valence-electron chi connectivity index (χ3n) is 6.64. The van der Waals surface area contributed by atoms with Gasteiger partial charge < -0.3 is 9.64 Å². The van der Waals surface area contributed by atoms with Crippen molar-refractivity contribution < 1.29 is 9.53 Å². The van der Waals surface area contributed by atoms with Crippen molar-refractivity contribution in [1.82, 2.24) is 9.80 Å². The van der Waals surface area contributed by atoms with Crippen molar-refractivity contribution in [3.8, 4) is 0 Å². The minimum atomic E-state index is 0.159. The first-order valence-electron chi connectivity index (χ1n) is 10.3. The largest absolute Gasteiger partial charge is 0.372 e. The number of morpholine rings is 1. The smallest absolute Gasteiger partial charge is 0.226 e. The number of carbonyl (C=O) groups excluding carboxylic acids is 1. The Morgan fingerprint density at radius 3 is 2.37 bits per heavy atom. The molecule has 1 aliphatic carbocycles. The molecule has 3 fully saturated rings. The normalized spacial score (nSPS) is 30.5. The highest BCUT2D eigenvalue weighted by molar-refractivity contribution is 7.98. The summed E-state index contributed by atoms with van der Waals surface area (Å²) in [4.78, 5) is 19.0. The average molecular weight is 389 g/mol. The molecule has 0 N–H and O–H groups in total. The van der Waals surface area contributed by atoms with Gasteiger partial charge in [-0.2, -0.15) is 0 Å². The predicted molar refractivity (Wildman–Crippen MR) is 110 cm³/mol. The number of benzene rings is 1. The van der Waals surface area contributed by atoms with Crippen LogP contribution in [0.5, 0.6) is 0 Å². The molecule has 1 aromatic rings. The average Bonchev–Trinajstić information content (AvgIpc) is 3.36. The lowest BCUT2D eigenvalue weighted by molar-refractivity contribution is -0.145. The van der Waals surface area contributed by atoms with Gasteiger partial charge in [0.15, 0.2) is 0 Å². The maximum Gasteiger partial charge on any atom is 0.226 e. The molecule has 1 amide bonds. The highest BCUT2D eigenvalue weighted by Crippen LogP contribution is 2.60. The summed E-state index contributed by atoms with van der Waals surface area (Å²) < 4.78 is 5.79. The lowest BCUT2D eigenvalue weighted by atomic mass is 9.90. The Kier molecular flexibility index (Phi) is 5.55. The summed E-state index contributed by atoms with van der Waals surface area (Å²) >= 11 is 1.79. The molecule has 1 spiro atoms. The molecule has 1 saturated carbocycles. The van der Waals surface area contributed by atoms with Crippen LogP contribution in [0.4, 0.5) is 0 Å². The van der Waals surface area contributed by atoms with Crippen LogP contribution < -0.4 is 0 Å². The number of amides is 1. The van der Waals surface area contributed by atoms with Crippen LogP contribution in [0.3, 0.4) is 0 Å². The van der Waals surface area contributed by atoms with E-state index >= 15 is 0 Å². The van der Waals surface area contributed by atoms with Gasteiger partial charge in [0, 0.05) is 30.4 Å². The summed E-state index contributed by atoms with van der Waals surface area (Å²) in [6, 6.07) is 8.93. The number of nitrogens with zero attached hydrogens (tertiary/aromatic N) is 2. The van der Waals surface area contributed by atoms with Crippen LogP contribution in [-0.4, -0.2) is 60.3 Å². The quantitative estimate of drug-likeness (QED) is 0.737. The van der Waals surface area contributed by atoms with Crippen LogP contribution in [0.2, 0.25) is 0 Å². The van der Waals surface area contributed by atoms with Gasteiger partial charge in [-0.3, -0.25) is 9.69 Å². The van der Waals surface area contributed by atoms with Crippen LogP contribution in [0, 0.1) is 11.3 Å². The van der Waals surface area contributed by atoms with Gasteiger partial charge >= 0.3 is 0 Å². The zero-order valence-electron chi connectivity index (χ0n) is 16.8. The molecular weight excluding hydrogens is 356 g/mol. The third-order valence-corrected chi connectivity index (χ3v) is 7.38. The SMILES string of the molecule is CSc1ccc(CN2CCC3(CC2)CC3C(=O)N2C[C@@H](C)O[C@@H](C)C2)cc1. The van der Waals surface area contributed by atoms with Crippen molar-refractivity contribution in [3.63, 3.8) is 0 Å². The molecule has 1 aromatic carbocycles. The standard InChI is InChI=1S/C22H32N2O2S/c1-16-13-24(14-17(2)26-16)21(25)20-12-22(20)8-10-23(11-9-22)15-18-4-6-19(27-3)7-5-18/h4-7,16-17,20H,8-15H2,1-3H3/t16-,17+,20?. The van der Waals surface area contributed by atoms with E-state index in [0.29, 0.717) is 11.3 Å². The molecule has 4 rings (SSSR count). The maximum atomic E-state index is 13.0. The van der Waals surface area contributed by atoms with E-state index in [1.54, 1.807) is 11.8 Å². The fraction of sp³-hybridized carbons (Fsp3) is 0.682. The van der Waals surface area contributed by atoms with Crippen molar-refractivity contribution in [2.45, 2.75) is 56.8 Å². The second-order valence-electron chi connectivity index (χ2n) is 8.74. The molecule has 0 bridgehead atoms. The fourth-order valence-corrected chi connectivity index (χ4v) is 5.38. The highest BCUT2D eigenvalue weighted by Gasteiger charge is 2.59. The summed E-state index contributed by atoms with van der Waals surface area (Å²) in [5.41, 5.74) is 1.68. The number of hydrogen-bond acceptors (Lipinski definition) is 4. The molecule has 4 nitrogen and oxygen atoms in total. The van der Waals surface area contributed by atoms with E-state index in [9.17, 15) is 4.79 Å². The molecule has 1 unspecified atom stereocenters. The van der Waals surface area contributed by atoms with Crippen LogP contribution in [0.25, 0.3) is 0 Å². The molecule has 2 heterocycles. The minimum absolute atomic E-state index is 0.159. The number of carbonyl (C=O) groups is 1. The first-order valence-corrected chi connectivity index (χ1v) is 11.5. The van der Waals surface area contributed by atoms with Crippen molar-refractivity contribution in [2.24, 2.45) is 11.3 Å². The van der Waals surface area contributed by atoms with E-state index in [2.05, 4.69) is 54.2 Å². The molecule has 0 radical (unpaired) electrons. The molecule has 3 atom stereocenters. The van der Waals surface area contributed by atoms with Gasteiger partial charge in [0.1, 0.15) is 0 Å². The third kappa shape index (κ3) is 4.20. The van der Waals surface area contributed by atoms with E-state index in [0.717, 1.165) is 39.1 Å². The van der Waals surface area contributed by atoms with E-state index in [1.807, 2.05) is 0 Å². The van der Waals surface area contributed by atoms with Crippen LogP contribution in [-0.2, 0) is 16.1 Å². The topological polar surface area (TPSA) is 32.8 Å². The van der Waals surface area contributed by atoms with Crippen LogP contribution in [0.1, 0.15) is 38.7 Å². The Balaban J connectivity index is 1.28. The first kappa shape index (κ1) is 19.3. The Hall–Kier alpha value is -1.04. The van der Waals surface area contributed by atoms with E-state index in [-0.39, 0.29) is 18.1 Å². The van der Waals surface area contributed by atoms with Gasteiger partial charge in [-0.25, -0.2) is 0 Å². The molecule has 148 valence electrons. The lowest BCUT2D eigenvalue weighted by Gasteiger charge is -2.37. The van der Waals surface area contributed by atoms with Crippen molar-refractivity contribution >= 4 is 17.7 Å². The minimum Gasteiger partial charge on any atom is -0.372 e. The van der Waals surface area contributed by atoms with Crippen LogP contribution >= 0.6 is 11.8 Å². The molecule has 3 aliphatic rings. The molecule has 27 heavy (non-hydrogen) atoms. The predicted octanol–water partition coefficient (Wildman–Crippen LogP) is 3.65. The molecule has 2 aliphatic heterocycles. The van der Waals surface area contributed by atoms with Gasteiger partial charge in [0.05, 0.1) is 12.2 Å². The van der Waals surface area contributed by atoms with Gasteiger partial charge in [0.25, 0.3) is 0 Å². The number of ether oxygens (including phenoxy) is 1. The monoisotopic (exact) mass is 388 g/mol. The van der Waals surface area contributed by atoms with Crippen molar-refractivity contribution in [1.29, 1.82) is 0 Å². The zero-order valence-corrected chi connectivity index (χ0v) is 17.6. The van der Waals surface area contributed by atoms with E-state index < -0.39 is 0 Å². The van der Waals surface area contributed by atoms with Gasteiger partial charge in [-0.15, -0.1) is 11.8 Å². The Morgan fingerprint density at radius 2 is 1.78 bits per heavy atom. The molecule has 0 aromatic heterocycles. The molecular formula is C22H32N2O2S. The van der Waals surface area contributed by atoms with Crippen LogP contribution in [0.15, 0.2) is 29.2 Å². The first-order chi connectivity index (χ1) is 13.0. The molecule has 5 heteroatoms. The number of thioether (sulfide) groups is 1. The number of hydrogen-bond donors (Lipinski definition) is 0. The number of likely N-dealkylation sites (tertiary alicyclic amines) is 1. The Bertz CT molecular complexity index is 659. The summed E-state index contributed by atoms with van der Waals surface area (Å²) in [5.74, 6) is 0.649. The number of piperidine rings is 1. The Morgan fingerprint density at radius 1 is 1.15 bits per heavy atom. The van der Waals surface area contributed by atoms with Gasteiger partial charge in [-0.1, -0.05) is 12.1 Å². The van der Waals surface area contributed by atoms with E-state index in [4.69, 9.17) is 4.74 Å². The second-order valence-corrected chi connectivity index (χ2v) is 9.62. The summed E-state index contributed by atoms with van der Waals surface area (Å²) in [7, 11) is 0. The van der Waals surface area contributed by atoms with Gasteiger partial charge in [-0.05, 0) is 75.6 Å². The highest BCUT2D eigenvalue weighted by atomic mass is 32.2. The zero-order chi connectivity index (χ0) is 19.0. The maximum absolute atomic E-state index is 13.0. The van der Waals surface area contributed by atoms with Crippen molar-refractivity contribution in [3.05, 3.63) is 29.8 Å². The van der Waals surface area contributed by atoms with E-state index in [1.165, 1.54) is 23.3 Å². The lowest BCUT2D eigenvalue weighted by Crippen LogP contribution is -2.49. The molecule has 2 saturated heterocycles.